The Balaban J connectivity index is 1.74. The lowest BCUT2D eigenvalue weighted by Crippen LogP contribution is -2.27. The molecule has 0 fully saturated rings. The molecule has 31 heavy (non-hydrogen) atoms. The summed E-state index contributed by atoms with van der Waals surface area (Å²) in [6.07, 6.45) is 0. The van der Waals surface area contributed by atoms with Crippen molar-refractivity contribution < 1.29 is 14.6 Å². The van der Waals surface area contributed by atoms with E-state index < -0.39 is 5.97 Å². The molecule has 0 radical (unpaired) electrons. The molecule has 0 aliphatic rings. The van der Waals surface area contributed by atoms with Crippen LogP contribution in [0.4, 0.5) is 5.69 Å². The summed E-state index contributed by atoms with van der Waals surface area (Å²) in [5.74, 6) is 1.10. The molecular weight excluding hydrogens is 410 g/mol. The van der Waals surface area contributed by atoms with Gasteiger partial charge >= 0.3 is 5.97 Å². The smallest absolute Gasteiger partial charge is 0.335 e. The van der Waals surface area contributed by atoms with Crippen LogP contribution in [0.5, 0.6) is 11.5 Å². The van der Waals surface area contributed by atoms with Crippen molar-refractivity contribution in [3.05, 3.63) is 87.9 Å². The van der Waals surface area contributed by atoms with Crippen molar-refractivity contribution in [1.82, 2.24) is 0 Å². The first kappa shape index (κ1) is 22.7. The maximum Gasteiger partial charge on any atom is 0.335 e. The van der Waals surface area contributed by atoms with E-state index in [1.165, 1.54) is 0 Å². The summed E-state index contributed by atoms with van der Waals surface area (Å²) in [5.41, 5.74) is 4.44. The Morgan fingerprint density at radius 3 is 2.06 bits per heavy atom. The number of ether oxygens (including phenoxy) is 1. The first-order chi connectivity index (χ1) is 14.7. The van der Waals surface area contributed by atoms with Crippen molar-refractivity contribution in [2.75, 3.05) is 11.4 Å². The van der Waals surface area contributed by atoms with E-state index >= 15 is 0 Å². The van der Waals surface area contributed by atoms with Crippen LogP contribution in [0.1, 0.15) is 40.9 Å². The molecule has 0 aromatic heterocycles. The topological polar surface area (TPSA) is 49.8 Å². The van der Waals surface area contributed by atoms with Crippen LogP contribution in [-0.2, 0) is 6.54 Å². The summed E-state index contributed by atoms with van der Waals surface area (Å²) in [6.45, 7) is 9.88. The van der Waals surface area contributed by atoms with E-state index in [2.05, 4.69) is 30.9 Å². The molecule has 4 nitrogen and oxygen atoms in total. The van der Waals surface area contributed by atoms with Gasteiger partial charge < -0.3 is 14.7 Å². The molecule has 0 aliphatic carbocycles. The summed E-state index contributed by atoms with van der Waals surface area (Å²) in [6, 6.07) is 19.0. The van der Waals surface area contributed by atoms with Crippen LogP contribution < -0.4 is 9.64 Å². The van der Waals surface area contributed by atoms with Gasteiger partial charge in [-0.2, -0.15) is 0 Å². The first-order valence-corrected chi connectivity index (χ1v) is 10.7. The van der Waals surface area contributed by atoms with Gasteiger partial charge in [0.25, 0.3) is 0 Å². The van der Waals surface area contributed by atoms with Gasteiger partial charge in [0.15, 0.2) is 0 Å². The van der Waals surface area contributed by atoms with E-state index in [0.29, 0.717) is 11.5 Å². The summed E-state index contributed by atoms with van der Waals surface area (Å²) in [7, 11) is 0. The number of nitrogens with zero attached hydrogens (tertiary/aromatic N) is 1. The van der Waals surface area contributed by atoms with Crippen molar-refractivity contribution in [1.29, 1.82) is 0 Å². The zero-order valence-corrected chi connectivity index (χ0v) is 19.1. The second-order valence-electron chi connectivity index (χ2n) is 8.24. The third-order valence-electron chi connectivity index (χ3n) is 5.01. The Morgan fingerprint density at radius 1 is 0.968 bits per heavy atom. The van der Waals surface area contributed by atoms with Crippen LogP contribution in [0.25, 0.3) is 0 Å². The second kappa shape index (κ2) is 9.88. The minimum Gasteiger partial charge on any atom is -0.478 e. The number of halogens is 1. The number of carboxylic acids is 1. The minimum atomic E-state index is -0.913. The van der Waals surface area contributed by atoms with Gasteiger partial charge in [-0.25, -0.2) is 4.79 Å². The largest absolute Gasteiger partial charge is 0.478 e. The molecule has 0 unspecified atom stereocenters. The van der Waals surface area contributed by atoms with Gasteiger partial charge in [0, 0.05) is 23.8 Å². The summed E-state index contributed by atoms with van der Waals surface area (Å²) in [5, 5.41) is 9.91. The average molecular weight is 438 g/mol. The van der Waals surface area contributed by atoms with E-state index in [9.17, 15) is 4.79 Å². The van der Waals surface area contributed by atoms with Gasteiger partial charge in [-0.3, -0.25) is 0 Å². The summed E-state index contributed by atoms with van der Waals surface area (Å²) < 4.78 is 6.01. The van der Waals surface area contributed by atoms with Crippen molar-refractivity contribution in [3.8, 4) is 11.5 Å². The molecule has 0 amide bonds. The van der Waals surface area contributed by atoms with Gasteiger partial charge in [-0.05, 0) is 85.0 Å². The molecule has 0 aliphatic heterocycles. The Bertz CT molecular complexity index is 1020. The van der Waals surface area contributed by atoms with Gasteiger partial charge in [0.05, 0.1) is 5.56 Å². The van der Waals surface area contributed by atoms with E-state index in [4.69, 9.17) is 21.4 Å². The molecule has 0 heterocycles. The maximum atomic E-state index is 11.1. The van der Waals surface area contributed by atoms with E-state index in [-0.39, 0.29) is 0 Å². The summed E-state index contributed by atoms with van der Waals surface area (Å²) >= 11 is 6.24. The molecule has 5 heteroatoms. The SMILES string of the molecule is Cc1cc(Oc2ccc(CN(CC(C)C)c3ccc(C(=O)O)cc3)cc2)cc(C)c1Cl. The molecule has 0 saturated heterocycles. The lowest BCUT2D eigenvalue weighted by atomic mass is 10.1. The number of rotatable bonds is 8. The molecule has 0 bridgehead atoms. The Hall–Kier alpha value is -2.98. The molecule has 3 aromatic carbocycles. The van der Waals surface area contributed by atoms with Crippen molar-refractivity contribution in [2.24, 2.45) is 5.92 Å². The highest BCUT2D eigenvalue weighted by Crippen LogP contribution is 2.29. The van der Waals surface area contributed by atoms with E-state index in [0.717, 1.165) is 52.0 Å². The molecule has 3 rings (SSSR count). The van der Waals surface area contributed by atoms with E-state index in [1.54, 1.807) is 12.1 Å². The number of aromatic carboxylic acids is 1. The quantitative estimate of drug-likeness (QED) is 0.408. The Morgan fingerprint density at radius 2 is 1.55 bits per heavy atom. The lowest BCUT2D eigenvalue weighted by Gasteiger charge is -2.27. The number of carbonyl (C=O) groups is 1. The van der Waals surface area contributed by atoms with Gasteiger partial charge in [0.1, 0.15) is 11.5 Å². The van der Waals surface area contributed by atoms with Crippen LogP contribution in [-0.4, -0.2) is 17.6 Å². The molecule has 1 N–H and O–H groups in total. The predicted octanol–water partition coefficient (Wildman–Crippen LogP) is 7.11. The first-order valence-electron chi connectivity index (χ1n) is 10.3. The lowest BCUT2D eigenvalue weighted by molar-refractivity contribution is 0.0697. The standard InChI is InChI=1S/C26H28ClNO3/c1-17(2)15-28(22-9-7-21(8-10-22)26(29)30)16-20-5-11-23(12-6-20)31-24-13-18(3)25(27)19(4)14-24/h5-14,17H,15-16H2,1-4H3,(H,29,30). The number of hydrogen-bond acceptors (Lipinski definition) is 3. The zero-order valence-electron chi connectivity index (χ0n) is 18.4. The predicted molar refractivity (Wildman–Crippen MR) is 127 cm³/mol. The van der Waals surface area contributed by atoms with Crippen molar-refractivity contribution in [2.45, 2.75) is 34.2 Å². The fraction of sp³-hybridized carbons (Fsp3) is 0.269. The van der Waals surface area contributed by atoms with Gasteiger partial charge in [-0.1, -0.05) is 37.6 Å². The number of aryl methyl sites for hydroxylation is 2. The highest BCUT2D eigenvalue weighted by molar-refractivity contribution is 6.32. The van der Waals surface area contributed by atoms with Crippen LogP contribution in [0.15, 0.2) is 60.7 Å². The van der Waals surface area contributed by atoms with Crippen LogP contribution in [0, 0.1) is 19.8 Å². The van der Waals surface area contributed by atoms with Crippen molar-refractivity contribution >= 4 is 23.3 Å². The Labute approximate surface area is 189 Å². The second-order valence-corrected chi connectivity index (χ2v) is 8.62. The number of carboxylic acid groups (broad SMARTS) is 1. The molecular formula is C26H28ClNO3. The maximum absolute atomic E-state index is 11.1. The third-order valence-corrected chi connectivity index (χ3v) is 5.60. The van der Waals surface area contributed by atoms with Crippen LogP contribution in [0.3, 0.4) is 0 Å². The molecule has 0 atom stereocenters. The normalized spacial score (nSPS) is 10.9. The summed E-state index contributed by atoms with van der Waals surface area (Å²) in [4.78, 5) is 13.4. The highest BCUT2D eigenvalue weighted by Gasteiger charge is 2.12. The number of hydrogen-bond donors (Lipinski definition) is 1. The van der Waals surface area contributed by atoms with Crippen LogP contribution in [0.2, 0.25) is 5.02 Å². The minimum absolute atomic E-state index is 0.294. The Kier molecular flexibility index (Phi) is 7.24. The van der Waals surface area contributed by atoms with E-state index in [1.807, 2.05) is 50.2 Å². The average Bonchev–Trinajstić information content (AvgIpc) is 2.72. The third kappa shape index (κ3) is 6.02. The molecule has 0 spiro atoms. The van der Waals surface area contributed by atoms with Gasteiger partial charge in [0.2, 0.25) is 0 Å². The molecule has 162 valence electrons. The molecule has 0 saturated carbocycles. The monoisotopic (exact) mass is 437 g/mol. The highest BCUT2D eigenvalue weighted by atomic mass is 35.5. The number of anilines is 1. The van der Waals surface area contributed by atoms with Gasteiger partial charge in [-0.15, -0.1) is 0 Å². The fourth-order valence-corrected chi connectivity index (χ4v) is 3.61. The number of benzene rings is 3. The van der Waals surface area contributed by atoms with Crippen molar-refractivity contribution in [3.63, 3.8) is 0 Å². The zero-order chi connectivity index (χ0) is 22.5. The fourth-order valence-electron chi connectivity index (χ4n) is 3.50. The van der Waals surface area contributed by atoms with Crippen LogP contribution >= 0.6 is 11.6 Å². The molecule has 3 aromatic rings.